The maximum atomic E-state index is 5.07. The van der Waals surface area contributed by atoms with E-state index in [2.05, 4.69) is 223 Å². The molecule has 0 radical (unpaired) electrons. The van der Waals surface area contributed by atoms with Crippen LogP contribution < -0.4 is 0 Å². The molecule has 4 heteroatoms. The predicted molar refractivity (Wildman–Crippen MR) is 283 cm³/mol. The predicted octanol–water partition coefficient (Wildman–Crippen LogP) is 16.7. The third-order valence-electron chi connectivity index (χ3n) is 13.4. The molecule has 68 heavy (non-hydrogen) atoms. The largest absolute Gasteiger partial charge is 0.309 e. The van der Waals surface area contributed by atoms with Crippen molar-refractivity contribution < 1.29 is 0 Å². The lowest BCUT2D eigenvalue weighted by atomic mass is 9.95. The van der Waals surface area contributed by atoms with E-state index in [1.807, 2.05) is 41.1 Å². The first-order chi connectivity index (χ1) is 33.7. The van der Waals surface area contributed by atoms with Gasteiger partial charge in [-0.2, -0.15) is 0 Å². The van der Waals surface area contributed by atoms with Crippen molar-refractivity contribution in [2.45, 2.75) is 0 Å². The van der Waals surface area contributed by atoms with E-state index in [4.69, 9.17) is 10.1 Å². The molecule has 2 aromatic heterocycles. The third-order valence-corrected chi connectivity index (χ3v) is 13.4. The molecule has 0 aliphatic rings. The molecule has 0 amide bonds. The molecule has 4 nitrogen and oxygen atoms in total. The van der Waals surface area contributed by atoms with E-state index in [9.17, 15) is 0 Å². The lowest BCUT2D eigenvalue weighted by molar-refractivity contribution is 0.889. The number of nitrogens with zero attached hydrogens (tertiary/aromatic N) is 4. The fourth-order valence-electron chi connectivity index (χ4n) is 10.0. The zero-order chi connectivity index (χ0) is 45.0. The fourth-order valence-corrected chi connectivity index (χ4v) is 10.0. The van der Waals surface area contributed by atoms with Crippen LogP contribution in [0.25, 0.3) is 122 Å². The SMILES string of the molecule is c1ccc(-c2nc(-c3ccccc3)n(-c3ccc(-n4c5ccc(-c6ccc(-c7cccc8ccccc78)cc6)cc5c5cc(-c6ccc(-c7cccc8ccccc78)cc6)ccc54)cc3)n2)cc1. The Morgan fingerprint density at radius 3 is 1.24 bits per heavy atom. The average Bonchev–Trinajstić information content (AvgIpc) is 4.01. The van der Waals surface area contributed by atoms with E-state index in [0.29, 0.717) is 5.82 Å². The molecule has 0 saturated carbocycles. The Morgan fingerprint density at radius 2 is 0.706 bits per heavy atom. The topological polar surface area (TPSA) is 35.6 Å². The van der Waals surface area contributed by atoms with Crippen LogP contribution in [-0.4, -0.2) is 19.3 Å². The molecule has 0 unspecified atom stereocenters. The van der Waals surface area contributed by atoms with Gasteiger partial charge in [0.15, 0.2) is 11.6 Å². The Hall–Kier alpha value is -9.12. The van der Waals surface area contributed by atoms with Crippen molar-refractivity contribution in [3.8, 4) is 78.7 Å². The monoisotopic (exact) mass is 866 g/mol. The second-order valence-electron chi connectivity index (χ2n) is 17.4. The van der Waals surface area contributed by atoms with Crippen LogP contribution >= 0.6 is 0 Å². The summed E-state index contributed by atoms with van der Waals surface area (Å²) < 4.78 is 4.35. The number of fused-ring (bicyclic) bond motifs is 5. The molecular formula is C64H42N4. The number of hydrogen-bond donors (Lipinski definition) is 0. The van der Waals surface area contributed by atoms with Crippen molar-refractivity contribution in [3.05, 3.63) is 255 Å². The van der Waals surface area contributed by atoms with Gasteiger partial charge >= 0.3 is 0 Å². The molecule has 0 atom stereocenters. The van der Waals surface area contributed by atoms with Gasteiger partial charge in [-0.15, -0.1) is 5.10 Å². The summed E-state index contributed by atoms with van der Waals surface area (Å²) in [6, 6.07) is 91.4. The van der Waals surface area contributed by atoms with Crippen LogP contribution in [0.4, 0.5) is 0 Å². The van der Waals surface area contributed by atoms with Crippen LogP contribution in [-0.2, 0) is 0 Å². The Kier molecular flexibility index (Phi) is 9.47. The zero-order valence-electron chi connectivity index (χ0n) is 37.0. The quantitative estimate of drug-likeness (QED) is 0.153. The molecular weight excluding hydrogens is 825 g/mol. The van der Waals surface area contributed by atoms with E-state index in [1.54, 1.807) is 0 Å². The number of benzene rings is 11. The first-order valence-electron chi connectivity index (χ1n) is 23.1. The first kappa shape index (κ1) is 39.3. The number of rotatable bonds is 8. The van der Waals surface area contributed by atoms with Gasteiger partial charge in [0.05, 0.1) is 16.7 Å². The van der Waals surface area contributed by atoms with E-state index in [0.717, 1.165) is 39.4 Å². The summed E-state index contributed by atoms with van der Waals surface area (Å²) in [6.07, 6.45) is 0. The van der Waals surface area contributed by atoms with Crippen molar-refractivity contribution in [1.82, 2.24) is 19.3 Å². The maximum absolute atomic E-state index is 5.07. The second kappa shape index (κ2) is 16.4. The zero-order valence-corrected chi connectivity index (χ0v) is 37.0. The van der Waals surface area contributed by atoms with Crippen molar-refractivity contribution in [2.75, 3.05) is 0 Å². The average molecular weight is 867 g/mol. The summed E-state index contributed by atoms with van der Waals surface area (Å²) in [6.45, 7) is 0. The van der Waals surface area contributed by atoms with Crippen LogP contribution in [0.3, 0.4) is 0 Å². The third kappa shape index (κ3) is 6.86. The summed E-state index contributed by atoms with van der Waals surface area (Å²) in [5, 5.41) is 12.5. The van der Waals surface area contributed by atoms with Gasteiger partial charge in [0, 0.05) is 27.6 Å². The molecule has 13 aromatic rings. The number of hydrogen-bond acceptors (Lipinski definition) is 2. The first-order valence-corrected chi connectivity index (χ1v) is 23.1. The highest BCUT2D eigenvalue weighted by Crippen LogP contribution is 2.39. The van der Waals surface area contributed by atoms with Crippen LogP contribution in [0, 0.1) is 0 Å². The molecule has 0 saturated heterocycles. The summed E-state index contributed by atoms with van der Waals surface area (Å²) in [7, 11) is 0. The smallest absolute Gasteiger partial charge is 0.182 e. The van der Waals surface area contributed by atoms with Crippen molar-refractivity contribution in [2.24, 2.45) is 0 Å². The van der Waals surface area contributed by atoms with Gasteiger partial charge in [-0.3, -0.25) is 0 Å². The van der Waals surface area contributed by atoms with E-state index >= 15 is 0 Å². The molecule has 11 aromatic carbocycles. The van der Waals surface area contributed by atoms with Gasteiger partial charge in [0.1, 0.15) is 0 Å². The minimum absolute atomic E-state index is 0.689. The van der Waals surface area contributed by atoms with Gasteiger partial charge in [-0.1, -0.05) is 206 Å². The van der Waals surface area contributed by atoms with Crippen LogP contribution in [0.2, 0.25) is 0 Å². The maximum Gasteiger partial charge on any atom is 0.182 e. The van der Waals surface area contributed by atoms with Crippen molar-refractivity contribution in [1.29, 1.82) is 0 Å². The van der Waals surface area contributed by atoms with E-state index < -0.39 is 0 Å². The Balaban J connectivity index is 0.921. The molecule has 0 aliphatic carbocycles. The van der Waals surface area contributed by atoms with Crippen molar-refractivity contribution in [3.63, 3.8) is 0 Å². The molecule has 0 aliphatic heterocycles. The highest BCUT2D eigenvalue weighted by molar-refractivity contribution is 6.12. The Bertz CT molecular complexity index is 3790. The van der Waals surface area contributed by atoms with Crippen LogP contribution in [0.5, 0.6) is 0 Å². The van der Waals surface area contributed by atoms with Gasteiger partial charge in [-0.25, -0.2) is 9.67 Å². The van der Waals surface area contributed by atoms with Gasteiger partial charge in [-0.05, 0) is 115 Å². The molecule has 0 fully saturated rings. The lowest BCUT2D eigenvalue weighted by Gasteiger charge is -2.11. The molecule has 0 N–H and O–H groups in total. The standard InChI is InChI=1S/C64H42N4/c1-3-15-49(16-4-1)63-65-64(50-17-5-2-6-18-50)68(66-63)54-37-35-53(36-38-54)67-61-39-33-51(43-25-29-47(30-26-43)57-23-11-19-45-13-7-9-21-55(45)57)41-59(61)60-42-52(34-40-62(60)67)44-27-31-48(32-28-44)58-24-12-20-46-14-8-10-22-56(46)58/h1-42H. The highest BCUT2D eigenvalue weighted by Gasteiger charge is 2.18. The Morgan fingerprint density at radius 1 is 0.279 bits per heavy atom. The molecule has 0 bridgehead atoms. The molecule has 318 valence electrons. The van der Waals surface area contributed by atoms with Gasteiger partial charge in [0.2, 0.25) is 0 Å². The summed E-state index contributed by atoms with van der Waals surface area (Å²) >= 11 is 0. The van der Waals surface area contributed by atoms with Gasteiger partial charge < -0.3 is 4.57 Å². The minimum atomic E-state index is 0.689. The summed E-state index contributed by atoms with van der Waals surface area (Å²) in [5.74, 6) is 1.48. The molecule has 2 heterocycles. The highest BCUT2D eigenvalue weighted by atomic mass is 15.4. The fraction of sp³-hybridized carbons (Fsp3) is 0. The molecule has 0 spiro atoms. The molecule has 13 rings (SSSR count). The summed E-state index contributed by atoms with van der Waals surface area (Å²) in [5.41, 5.74) is 15.9. The van der Waals surface area contributed by atoms with Crippen LogP contribution in [0.1, 0.15) is 0 Å². The second-order valence-corrected chi connectivity index (χ2v) is 17.4. The van der Waals surface area contributed by atoms with Crippen LogP contribution in [0.15, 0.2) is 255 Å². The summed E-state index contributed by atoms with van der Waals surface area (Å²) in [4.78, 5) is 5.06. The minimum Gasteiger partial charge on any atom is -0.309 e. The van der Waals surface area contributed by atoms with Crippen molar-refractivity contribution >= 4 is 43.4 Å². The van der Waals surface area contributed by atoms with E-state index in [1.165, 1.54) is 76.8 Å². The number of aromatic nitrogens is 4. The van der Waals surface area contributed by atoms with E-state index in [-0.39, 0.29) is 0 Å². The normalized spacial score (nSPS) is 11.5. The Labute approximate surface area is 394 Å². The lowest BCUT2D eigenvalue weighted by Crippen LogP contribution is -2.01. The van der Waals surface area contributed by atoms with Gasteiger partial charge in [0.25, 0.3) is 0 Å².